The van der Waals surface area contributed by atoms with Gasteiger partial charge in [-0.25, -0.2) is 13.6 Å². The van der Waals surface area contributed by atoms with Gasteiger partial charge in [-0.1, -0.05) is 12.1 Å². The Bertz CT molecular complexity index is 496. The summed E-state index contributed by atoms with van der Waals surface area (Å²) in [6.07, 6.45) is 0. The van der Waals surface area contributed by atoms with Crippen molar-refractivity contribution in [3.63, 3.8) is 0 Å². The largest absolute Gasteiger partial charge is 0.348 e. The molecule has 17 heavy (non-hydrogen) atoms. The summed E-state index contributed by atoms with van der Waals surface area (Å²) in [7, 11) is -3.68. The summed E-state index contributed by atoms with van der Waals surface area (Å²) in [6.45, 7) is 1.69. The van der Waals surface area contributed by atoms with E-state index in [-0.39, 0.29) is 23.4 Å². The number of sulfonamides is 1. The third-order valence-corrected chi connectivity index (χ3v) is 3.20. The van der Waals surface area contributed by atoms with Gasteiger partial charge in [-0.2, -0.15) is 0 Å². The minimum absolute atomic E-state index is 0.0404. The molecule has 0 aliphatic rings. The second-order valence-electron chi connectivity index (χ2n) is 3.61. The lowest BCUT2D eigenvalue weighted by atomic mass is 10.1. The number of carbonyl (C=O) groups excluding carboxylic acids is 1. The Balaban J connectivity index is 2.84. The van der Waals surface area contributed by atoms with Gasteiger partial charge in [0.2, 0.25) is 15.9 Å². The summed E-state index contributed by atoms with van der Waals surface area (Å²) in [5.41, 5.74) is 5.95. The van der Waals surface area contributed by atoms with Crippen LogP contribution in [0.5, 0.6) is 0 Å². The summed E-state index contributed by atoms with van der Waals surface area (Å²) < 4.78 is 22.1. The molecule has 0 spiro atoms. The SMILES string of the molecule is CC(NC(=O)CN)c1ccc(S(N)(=O)=O)cc1. The van der Waals surface area contributed by atoms with Crippen molar-refractivity contribution in [2.24, 2.45) is 10.9 Å². The smallest absolute Gasteiger partial charge is 0.238 e. The molecule has 0 aliphatic carbocycles. The Kier molecular flexibility index (Phi) is 4.22. The fraction of sp³-hybridized carbons (Fsp3) is 0.300. The molecule has 1 amide bonds. The zero-order chi connectivity index (χ0) is 13.1. The number of hydrogen-bond acceptors (Lipinski definition) is 4. The topological polar surface area (TPSA) is 115 Å². The highest BCUT2D eigenvalue weighted by molar-refractivity contribution is 7.89. The summed E-state index contributed by atoms with van der Waals surface area (Å²) in [5, 5.41) is 7.63. The first-order chi connectivity index (χ1) is 7.84. The second kappa shape index (κ2) is 5.26. The minimum Gasteiger partial charge on any atom is -0.348 e. The lowest BCUT2D eigenvalue weighted by Gasteiger charge is -2.13. The molecule has 6 nitrogen and oxygen atoms in total. The van der Waals surface area contributed by atoms with Crippen molar-refractivity contribution < 1.29 is 13.2 Å². The predicted octanol–water partition coefficient (Wildman–Crippen LogP) is -0.530. The summed E-state index contributed by atoms with van der Waals surface area (Å²) >= 11 is 0. The van der Waals surface area contributed by atoms with Crippen LogP contribution in [0.25, 0.3) is 0 Å². The molecule has 1 aromatic rings. The van der Waals surface area contributed by atoms with E-state index in [1.807, 2.05) is 0 Å². The lowest BCUT2D eigenvalue weighted by molar-refractivity contribution is -0.120. The maximum Gasteiger partial charge on any atom is 0.238 e. The maximum absolute atomic E-state index is 11.1. The van der Waals surface area contributed by atoms with Crippen LogP contribution in [0.15, 0.2) is 29.2 Å². The molecule has 0 aromatic heterocycles. The molecule has 0 heterocycles. The van der Waals surface area contributed by atoms with Crippen molar-refractivity contribution in [1.82, 2.24) is 5.32 Å². The Morgan fingerprint density at radius 2 is 1.88 bits per heavy atom. The van der Waals surface area contributed by atoms with Gasteiger partial charge in [0.15, 0.2) is 0 Å². The van der Waals surface area contributed by atoms with Crippen LogP contribution in [0, 0.1) is 0 Å². The van der Waals surface area contributed by atoms with E-state index in [2.05, 4.69) is 5.32 Å². The van der Waals surface area contributed by atoms with E-state index in [1.54, 1.807) is 19.1 Å². The van der Waals surface area contributed by atoms with Crippen LogP contribution in [-0.4, -0.2) is 20.9 Å². The number of primary sulfonamides is 1. The number of rotatable bonds is 4. The van der Waals surface area contributed by atoms with E-state index in [0.717, 1.165) is 5.56 Å². The molecule has 1 rings (SSSR count). The summed E-state index contributed by atoms with van der Waals surface area (Å²) in [5.74, 6) is -0.270. The molecule has 1 atom stereocenters. The molecule has 5 N–H and O–H groups in total. The predicted molar refractivity (Wildman–Crippen MR) is 63.4 cm³/mol. The third-order valence-electron chi connectivity index (χ3n) is 2.27. The van der Waals surface area contributed by atoms with Crippen molar-refractivity contribution in [2.75, 3.05) is 6.54 Å². The molecule has 0 bridgehead atoms. The first-order valence-electron chi connectivity index (χ1n) is 4.97. The fourth-order valence-corrected chi connectivity index (χ4v) is 1.85. The monoisotopic (exact) mass is 257 g/mol. The number of carbonyl (C=O) groups is 1. The number of hydrogen-bond donors (Lipinski definition) is 3. The van der Waals surface area contributed by atoms with Crippen LogP contribution in [0.3, 0.4) is 0 Å². The van der Waals surface area contributed by atoms with E-state index >= 15 is 0 Å². The quantitative estimate of drug-likeness (QED) is 0.672. The number of nitrogens with two attached hydrogens (primary N) is 2. The average molecular weight is 257 g/mol. The zero-order valence-corrected chi connectivity index (χ0v) is 10.2. The van der Waals surface area contributed by atoms with Crippen molar-refractivity contribution in [2.45, 2.75) is 17.9 Å². The molecular formula is C10H15N3O3S. The molecule has 1 aromatic carbocycles. The van der Waals surface area contributed by atoms with Crippen LogP contribution in [-0.2, 0) is 14.8 Å². The first-order valence-corrected chi connectivity index (χ1v) is 6.51. The molecule has 0 fully saturated rings. The van der Waals surface area contributed by atoms with Crippen LogP contribution >= 0.6 is 0 Å². The highest BCUT2D eigenvalue weighted by Gasteiger charge is 2.11. The molecule has 94 valence electrons. The van der Waals surface area contributed by atoms with Gasteiger partial charge >= 0.3 is 0 Å². The van der Waals surface area contributed by atoms with Gasteiger partial charge in [0.05, 0.1) is 17.5 Å². The number of amides is 1. The van der Waals surface area contributed by atoms with Gasteiger partial charge in [-0.15, -0.1) is 0 Å². The Morgan fingerprint density at radius 3 is 2.29 bits per heavy atom. The molecule has 0 aliphatic heterocycles. The number of nitrogens with one attached hydrogen (secondary N) is 1. The van der Waals surface area contributed by atoms with Crippen LogP contribution < -0.4 is 16.2 Å². The van der Waals surface area contributed by atoms with Gasteiger partial charge in [0.1, 0.15) is 0 Å². The molecule has 0 saturated carbocycles. The standard InChI is InChI=1S/C10H15N3O3S/c1-7(13-10(14)6-11)8-2-4-9(5-3-8)17(12,15)16/h2-5,7H,6,11H2,1H3,(H,13,14)(H2,12,15,16). The van der Waals surface area contributed by atoms with Crippen molar-refractivity contribution in [3.8, 4) is 0 Å². The van der Waals surface area contributed by atoms with Crippen molar-refractivity contribution in [3.05, 3.63) is 29.8 Å². The van der Waals surface area contributed by atoms with Gasteiger partial charge in [0, 0.05) is 0 Å². The van der Waals surface area contributed by atoms with E-state index in [0.29, 0.717) is 0 Å². The van der Waals surface area contributed by atoms with Crippen LogP contribution in [0.2, 0.25) is 0 Å². The van der Waals surface area contributed by atoms with E-state index in [1.165, 1.54) is 12.1 Å². The van der Waals surface area contributed by atoms with Gasteiger partial charge < -0.3 is 11.1 Å². The van der Waals surface area contributed by atoms with Gasteiger partial charge in [-0.05, 0) is 24.6 Å². The van der Waals surface area contributed by atoms with Crippen molar-refractivity contribution in [1.29, 1.82) is 0 Å². The summed E-state index contributed by atoms with van der Waals surface area (Å²) in [6, 6.07) is 5.76. The van der Waals surface area contributed by atoms with Gasteiger partial charge in [-0.3, -0.25) is 4.79 Å². The highest BCUT2D eigenvalue weighted by Crippen LogP contribution is 2.15. The molecule has 1 unspecified atom stereocenters. The van der Waals surface area contributed by atoms with Crippen LogP contribution in [0.1, 0.15) is 18.5 Å². The second-order valence-corrected chi connectivity index (χ2v) is 5.17. The minimum atomic E-state index is -3.68. The Morgan fingerprint density at radius 1 is 1.35 bits per heavy atom. The molecule has 0 saturated heterocycles. The molecule has 7 heteroatoms. The summed E-state index contributed by atoms with van der Waals surface area (Å²) in [4.78, 5) is 11.1. The Labute approximate surface area is 100 Å². The average Bonchev–Trinajstić information content (AvgIpc) is 2.27. The fourth-order valence-electron chi connectivity index (χ4n) is 1.33. The lowest BCUT2D eigenvalue weighted by Crippen LogP contribution is -2.32. The Hall–Kier alpha value is -1.44. The molecular weight excluding hydrogens is 242 g/mol. The normalized spacial score (nSPS) is 13.1. The van der Waals surface area contributed by atoms with E-state index in [4.69, 9.17) is 10.9 Å². The van der Waals surface area contributed by atoms with E-state index in [9.17, 15) is 13.2 Å². The number of benzene rings is 1. The van der Waals surface area contributed by atoms with Gasteiger partial charge in [0.25, 0.3) is 0 Å². The maximum atomic E-state index is 11.1. The highest BCUT2D eigenvalue weighted by atomic mass is 32.2. The zero-order valence-electron chi connectivity index (χ0n) is 9.38. The van der Waals surface area contributed by atoms with Crippen LogP contribution in [0.4, 0.5) is 0 Å². The van der Waals surface area contributed by atoms with E-state index < -0.39 is 10.0 Å². The first kappa shape index (κ1) is 13.6. The molecule has 0 radical (unpaired) electrons. The van der Waals surface area contributed by atoms with Crippen molar-refractivity contribution >= 4 is 15.9 Å². The third kappa shape index (κ3) is 3.81.